The molecule has 0 saturated heterocycles. The lowest BCUT2D eigenvalue weighted by Gasteiger charge is -1.89. The lowest BCUT2D eigenvalue weighted by molar-refractivity contribution is 0.853. The van der Waals surface area contributed by atoms with Gasteiger partial charge in [-0.3, -0.25) is 4.79 Å². The predicted octanol–water partition coefficient (Wildman–Crippen LogP) is 1.02. The van der Waals surface area contributed by atoms with Crippen LogP contribution in [-0.2, 0) is 6.42 Å². The van der Waals surface area contributed by atoms with Crippen LogP contribution in [0.4, 0.5) is 0 Å². The second-order valence-corrected chi connectivity index (χ2v) is 3.82. The maximum Gasteiger partial charge on any atom is 0.275 e. The highest BCUT2D eigenvalue weighted by molar-refractivity contribution is 7.16. The molecule has 68 valence electrons. The molecule has 0 fully saturated rings. The van der Waals surface area contributed by atoms with Crippen molar-refractivity contribution in [3.8, 4) is 0 Å². The molecule has 0 aliphatic heterocycles. The van der Waals surface area contributed by atoms with E-state index < -0.39 is 0 Å². The van der Waals surface area contributed by atoms with Gasteiger partial charge in [0.1, 0.15) is 5.01 Å². The standard InChI is InChI=1S/C8H9N3OS/c1-3-6-10-11-7(12)4-5(2)9-8(11)13-6/h4H,3H2,1-2H3. The molecule has 13 heavy (non-hydrogen) atoms. The average molecular weight is 195 g/mol. The number of hydrogen-bond acceptors (Lipinski definition) is 4. The Kier molecular flexibility index (Phi) is 1.88. The average Bonchev–Trinajstić information content (AvgIpc) is 2.47. The molecule has 2 aromatic heterocycles. The molecular formula is C8H9N3OS. The third-order valence-corrected chi connectivity index (χ3v) is 2.77. The van der Waals surface area contributed by atoms with Gasteiger partial charge in [0.05, 0.1) is 0 Å². The van der Waals surface area contributed by atoms with Crippen LogP contribution in [0.1, 0.15) is 17.6 Å². The van der Waals surface area contributed by atoms with Crippen LogP contribution in [0.25, 0.3) is 4.96 Å². The van der Waals surface area contributed by atoms with Gasteiger partial charge >= 0.3 is 0 Å². The van der Waals surface area contributed by atoms with Crippen LogP contribution < -0.4 is 5.56 Å². The minimum absolute atomic E-state index is 0.0987. The summed E-state index contributed by atoms with van der Waals surface area (Å²) in [6.07, 6.45) is 0.840. The van der Waals surface area contributed by atoms with E-state index in [4.69, 9.17) is 0 Å². The van der Waals surface area contributed by atoms with Crippen molar-refractivity contribution in [3.05, 3.63) is 27.1 Å². The first-order valence-electron chi connectivity index (χ1n) is 4.07. The largest absolute Gasteiger partial charge is 0.275 e. The van der Waals surface area contributed by atoms with Gasteiger partial charge in [-0.25, -0.2) is 4.98 Å². The van der Waals surface area contributed by atoms with Gasteiger partial charge in [0, 0.05) is 11.8 Å². The lowest BCUT2D eigenvalue weighted by Crippen LogP contribution is -2.14. The summed E-state index contributed by atoms with van der Waals surface area (Å²) in [6, 6.07) is 1.49. The second kappa shape index (κ2) is 2.92. The van der Waals surface area contributed by atoms with Gasteiger partial charge in [-0.05, 0) is 13.3 Å². The molecule has 0 spiro atoms. The summed E-state index contributed by atoms with van der Waals surface area (Å²) in [7, 11) is 0. The van der Waals surface area contributed by atoms with E-state index in [2.05, 4.69) is 10.1 Å². The van der Waals surface area contributed by atoms with Crippen LogP contribution in [0.15, 0.2) is 10.9 Å². The summed E-state index contributed by atoms with van der Waals surface area (Å²) < 4.78 is 1.36. The van der Waals surface area contributed by atoms with E-state index in [1.54, 1.807) is 0 Å². The van der Waals surface area contributed by atoms with Gasteiger partial charge in [-0.15, -0.1) is 0 Å². The third kappa shape index (κ3) is 1.35. The number of nitrogens with zero attached hydrogens (tertiary/aromatic N) is 3. The summed E-state index contributed by atoms with van der Waals surface area (Å²) in [4.78, 5) is 16.3. The minimum Gasteiger partial charge on any atom is -0.267 e. The molecule has 0 N–H and O–H groups in total. The number of rotatable bonds is 1. The molecule has 2 aromatic rings. The Bertz CT molecular complexity index is 500. The fourth-order valence-corrected chi connectivity index (χ4v) is 1.99. The van der Waals surface area contributed by atoms with E-state index in [1.807, 2.05) is 13.8 Å². The van der Waals surface area contributed by atoms with Gasteiger partial charge in [0.2, 0.25) is 4.96 Å². The molecule has 2 heterocycles. The Labute approximate surface area is 78.9 Å². The zero-order valence-corrected chi connectivity index (χ0v) is 8.26. The maximum atomic E-state index is 11.4. The van der Waals surface area contributed by atoms with Crippen molar-refractivity contribution in [2.24, 2.45) is 0 Å². The summed E-state index contributed by atoms with van der Waals surface area (Å²) >= 11 is 1.47. The normalized spacial score (nSPS) is 10.9. The highest BCUT2D eigenvalue weighted by atomic mass is 32.1. The van der Waals surface area contributed by atoms with Crippen molar-refractivity contribution < 1.29 is 0 Å². The fourth-order valence-electron chi connectivity index (χ4n) is 1.10. The number of hydrogen-bond donors (Lipinski definition) is 0. The molecule has 0 atom stereocenters. The predicted molar refractivity (Wildman–Crippen MR) is 51.2 cm³/mol. The molecule has 0 radical (unpaired) electrons. The second-order valence-electron chi connectivity index (χ2n) is 2.78. The van der Waals surface area contributed by atoms with Gasteiger partial charge < -0.3 is 0 Å². The number of fused-ring (bicyclic) bond motifs is 1. The Hall–Kier alpha value is -1.23. The zero-order chi connectivity index (χ0) is 9.42. The third-order valence-electron chi connectivity index (χ3n) is 1.72. The van der Waals surface area contributed by atoms with Gasteiger partial charge in [-0.2, -0.15) is 9.61 Å². The SMILES string of the molecule is CCc1nn2c(=O)cc(C)nc2s1. The first kappa shape index (κ1) is 8.37. The molecule has 5 heteroatoms. The van der Waals surface area contributed by atoms with Crippen LogP contribution in [0.3, 0.4) is 0 Å². The molecule has 0 aromatic carbocycles. The quantitative estimate of drug-likeness (QED) is 0.682. The van der Waals surface area contributed by atoms with Gasteiger partial charge in [0.15, 0.2) is 0 Å². The molecule has 0 bridgehead atoms. The topological polar surface area (TPSA) is 47.3 Å². The van der Waals surface area contributed by atoms with E-state index >= 15 is 0 Å². The molecule has 4 nitrogen and oxygen atoms in total. The Morgan fingerprint density at radius 1 is 1.62 bits per heavy atom. The highest BCUT2D eigenvalue weighted by Gasteiger charge is 2.04. The monoisotopic (exact) mass is 195 g/mol. The van der Waals surface area contributed by atoms with Crippen LogP contribution in [0, 0.1) is 6.92 Å². The summed E-state index contributed by atoms with van der Waals surface area (Å²) in [6.45, 7) is 3.82. The van der Waals surface area contributed by atoms with E-state index in [0.29, 0.717) is 4.96 Å². The lowest BCUT2D eigenvalue weighted by atomic mass is 10.5. The molecule has 0 aliphatic rings. The first-order chi connectivity index (χ1) is 6.20. The van der Waals surface area contributed by atoms with Crippen molar-refractivity contribution in [1.82, 2.24) is 14.6 Å². The van der Waals surface area contributed by atoms with Crippen molar-refractivity contribution >= 4 is 16.3 Å². The smallest absolute Gasteiger partial charge is 0.267 e. The molecule has 0 aliphatic carbocycles. The maximum absolute atomic E-state index is 11.4. The minimum atomic E-state index is -0.0987. The van der Waals surface area contributed by atoms with Crippen LogP contribution in [0.5, 0.6) is 0 Å². The van der Waals surface area contributed by atoms with E-state index in [9.17, 15) is 4.79 Å². The summed E-state index contributed by atoms with van der Waals surface area (Å²) in [5.41, 5.74) is 0.648. The van der Waals surface area contributed by atoms with Crippen LogP contribution in [0.2, 0.25) is 0 Å². The Morgan fingerprint density at radius 2 is 2.38 bits per heavy atom. The van der Waals surface area contributed by atoms with Crippen LogP contribution in [-0.4, -0.2) is 14.6 Å². The molecule has 0 saturated carbocycles. The van der Waals surface area contributed by atoms with Crippen LogP contribution >= 0.6 is 11.3 Å². The zero-order valence-electron chi connectivity index (χ0n) is 7.44. The first-order valence-corrected chi connectivity index (χ1v) is 4.88. The molecule has 2 rings (SSSR count). The van der Waals surface area contributed by atoms with Crippen molar-refractivity contribution in [1.29, 1.82) is 0 Å². The van der Waals surface area contributed by atoms with E-state index in [-0.39, 0.29) is 5.56 Å². The van der Waals surface area contributed by atoms with Gasteiger partial charge in [-0.1, -0.05) is 18.3 Å². The van der Waals surface area contributed by atoms with E-state index in [0.717, 1.165) is 17.1 Å². The van der Waals surface area contributed by atoms with Gasteiger partial charge in [0.25, 0.3) is 5.56 Å². The Morgan fingerprint density at radius 3 is 3.08 bits per heavy atom. The molecule has 0 amide bonds. The number of aromatic nitrogens is 3. The van der Waals surface area contributed by atoms with Crippen molar-refractivity contribution in [3.63, 3.8) is 0 Å². The Balaban J connectivity index is 2.83. The highest BCUT2D eigenvalue weighted by Crippen LogP contribution is 2.10. The summed E-state index contributed by atoms with van der Waals surface area (Å²) in [5, 5.41) is 5.07. The molecule has 0 unspecified atom stereocenters. The number of aryl methyl sites for hydroxylation is 2. The van der Waals surface area contributed by atoms with Crippen molar-refractivity contribution in [2.45, 2.75) is 20.3 Å². The summed E-state index contributed by atoms with van der Waals surface area (Å²) in [5.74, 6) is 0. The van der Waals surface area contributed by atoms with Crippen molar-refractivity contribution in [2.75, 3.05) is 0 Å². The fraction of sp³-hybridized carbons (Fsp3) is 0.375. The van der Waals surface area contributed by atoms with E-state index in [1.165, 1.54) is 21.9 Å². The molecular weight excluding hydrogens is 186 g/mol.